The van der Waals surface area contributed by atoms with Crippen LogP contribution in [0.25, 0.3) is 0 Å². The Hall–Kier alpha value is -1.47. The van der Waals surface area contributed by atoms with E-state index in [0.717, 1.165) is 6.07 Å². The third kappa shape index (κ3) is 3.95. The molecular weight excluding hydrogens is 210 g/mol. The standard InChI is InChI=1S/C12H14F2N2/c1-2-12(8-15)16-4-3-9-5-10(13)7-11(14)6-9/h5-7,12,16H,2-4H2,1H3. The molecule has 0 amide bonds. The van der Waals surface area contributed by atoms with E-state index in [1.54, 1.807) is 0 Å². The second kappa shape index (κ2) is 6.19. The lowest BCUT2D eigenvalue weighted by Gasteiger charge is -2.08. The van der Waals surface area contributed by atoms with Gasteiger partial charge in [-0.05, 0) is 30.5 Å². The van der Waals surface area contributed by atoms with Gasteiger partial charge < -0.3 is 5.32 Å². The second-order valence-electron chi connectivity index (χ2n) is 3.57. The minimum Gasteiger partial charge on any atom is -0.302 e. The first-order valence-corrected chi connectivity index (χ1v) is 5.23. The summed E-state index contributed by atoms with van der Waals surface area (Å²) in [6.45, 7) is 2.44. The van der Waals surface area contributed by atoms with Gasteiger partial charge in [0, 0.05) is 12.6 Å². The molecule has 2 nitrogen and oxygen atoms in total. The van der Waals surface area contributed by atoms with E-state index in [1.165, 1.54) is 12.1 Å². The summed E-state index contributed by atoms with van der Waals surface area (Å²) < 4.78 is 25.7. The molecule has 0 aliphatic heterocycles. The fourth-order valence-electron chi connectivity index (χ4n) is 1.43. The summed E-state index contributed by atoms with van der Waals surface area (Å²) in [5.41, 5.74) is 0.595. The molecule has 1 N–H and O–H groups in total. The van der Waals surface area contributed by atoms with Crippen molar-refractivity contribution in [2.45, 2.75) is 25.8 Å². The second-order valence-corrected chi connectivity index (χ2v) is 3.57. The van der Waals surface area contributed by atoms with Crippen molar-refractivity contribution < 1.29 is 8.78 Å². The van der Waals surface area contributed by atoms with E-state index >= 15 is 0 Å². The minimum absolute atomic E-state index is 0.196. The van der Waals surface area contributed by atoms with Crippen LogP contribution < -0.4 is 5.32 Å². The van der Waals surface area contributed by atoms with Crippen LogP contribution in [-0.4, -0.2) is 12.6 Å². The molecule has 0 saturated heterocycles. The van der Waals surface area contributed by atoms with Gasteiger partial charge in [0.25, 0.3) is 0 Å². The first-order valence-electron chi connectivity index (χ1n) is 5.23. The molecule has 86 valence electrons. The summed E-state index contributed by atoms with van der Waals surface area (Å²) in [6, 6.07) is 5.36. The highest BCUT2D eigenvalue weighted by Gasteiger charge is 2.04. The lowest BCUT2D eigenvalue weighted by molar-refractivity contribution is 0.569. The van der Waals surface area contributed by atoms with E-state index in [4.69, 9.17) is 5.26 Å². The van der Waals surface area contributed by atoms with E-state index in [1.807, 2.05) is 6.92 Å². The van der Waals surface area contributed by atoms with Gasteiger partial charge in [0.15, 0.2) is 0 Å². The smallest absolute Gasteiger partial charge is 0.126 e. The predicted octanol–water partition coefficient (Wildman–Crippen LogP) is 2.40. The van der Waals surface area contributed by atoms with Crippen molar-refractivity contribution in [1.29, 1.82) is 5.26 Å². The Morgan fingerprint density at radius 3 is 2.44 bits per heavy atom. The lowest BCUT2D eigenvalue weighted by Crippen LogP contribution is -2.28. The van der Waals surface area contributed by atoms with Crippen LogP contribution in [0.3, 0.4) is 0 Å². The maximum absolute atomic E-state index is 12.8. The first-order chi connectivity index (χ1) is 7.65. The molecule has 0 radical (unpaired) electrons. The quantitative estimate of drug-likeness (QED) is 0.833. The number of benzene rings is 1. The average molecular weight is 224 g/mol. The van der Waals surface area contributed by atoms with Gasteiger partial charge in [0.05, 0.1) is 12.1 Å². The van der Waals surface area contributed by atoms with Crippen LogP contribution in [0.2, 0.25) is 0 Å². The highest BCUT2D eigenvalue weighted by Crippen LogP contribution is 2.08. The van der Waals surface area contributed by atoms with E-state index in [2.05, 4.69) is 11.4 Å². The molecular formula is C12H14F2N2. The number of nitrogens with one attached hydrogen (secondary N) is 1. The number of rotatable bonds is 5. The molecule has 0 fully saturated rings. The SMILES string of the molecule is CCC(C#N)NCCc1cc(F)cc(F)c1. The molecule has 1 aromatic rings. The molecule has 16 heavy (non-hydrogen) atoms. The third-order valence-electron chi connectivity index (χ3n) is 2.29. The van der Waals surface area contributed by atoms with Gasteiger partial charge in [-0.25, -0.2) is 8.78 Å². The van der Waals surface area contributed by atoms with Crippen molar-refractivity contribution in [2.24, 2.45) is 0 Å². The normalized spacial score (nSPS) is 12.1. The van der Waals surface area contributed by atoms with Gasteiger partial charge in [0.2, 0.25) is 0 Å². The van der Waals surface area contributed by atoms with Crippen molar-refractivity contribution in [3.63, 3.8) is 0 Å². The largest absolute Gasteiger partial charge is 0.302 e. The van der Waals surface area contributed by atoms with E-state index in [0.29, 0.717) is 24.9 Å². The fraction of sp³-hybridized carbons (Fsp3) is 0.417. The monoisotopic (exact) mass is 224 g/mol. The molecule has 1 rings (SSSR count). The maximum atomic E-state index is 12.8. The van der Waals surface area contributed by atoms with Crippen LogP contribution in [-0.2, 0) is 6.42 Å². The topological polar surface area (TPSA) is 35.8 Å². The minimum atomic E-state index is -0.567. The van der Waals surface area contributed by atoms with Crippen molar-refractivity contribution in [2.75, 3.05) is 6.54 Å². The summed E-state index contributed by atoms with van der Waals surface area (Å²) in [5, 5.41) is 11.7. The van der Waals surface area contributed by atoms with Crippen LogP contribution in [0.1, 0.15) is 18.9 Å². The lowest BCUT2D eigenvalue weighted by atomic mass is 10.1. The molecule has 0 spiro atoms. The van der Waals surface area contributed by atoms with Crippen molar-refractivity contribution in [3.05, 3.63) is 35.4 Å². The summed E-state index contributed by atoms with van der Waals surface area (Å²) >= 11 is 0. The number of hydrogen-bond donors (Lipinski definition) is 1. The van der Waals surface area contributed by atoms with Crippen LogP contribution in [0.15, 0.2) is 18.2 Å². The maximum Gasteiger partial charge on any atom is 0.126 e. The summed E-state index contributed by atoms with van der Waals surface area (Å²) in [7, 11) is 0. The van der Waals surface area contributed by atoms with Crippen molar-refractivity contribution in [1.82, 2.24) is 5.32 Å². The number of nitrogens with zero attached hydrogens (tertiary/aromatic N) is 1. The summed E-state index contributed by atoms with van der Waals surface area (Å²) in [5.74, 6) is -1.13. The summed E-state index contributed by atoms with van der Waals surface area (Å²) in [6.07, 6.45) is 1.22. The Morgan fingerprint density at radius 2 is 1.94 bits per heavy atom. The molecule has 1 unspecified atom stereocenters. The van der Waals surface area contributed by atoms with Gasteiger partial charge in [0.1, 0.15) is 11.6 Å². The predicted molar refractivity (Wildman–Crippen MR) is 57.8 cm³/mol. The molecule has 1 atom stereocenters. The number of hydrogen-bond acceptors (Lipinski definition) is 2. The molecule has 0 bridgehead atoms. The summed E-state index contributed by atoms with van der Waals surface area (Å²) in [4.78, 5) is 0. The molecule has 0 aliphatic carbocycles. The zero-order valence-electron chi connectivity index (χ0n) is 9.13. The van der Waals surface area contributed by atoms with Crippen molar-refractivity contribution in [3.8, 4) is 6.07 Å². The van der Waals surface area contributed by atoms with Gasteiger partial charge in [-0.3, -0.25) is 0 Å². The van der Waals surface area contributed by atoms with Gasteiger partial charge >= 0.3 is 0 Å². The van der Waals surface area contributed by atoms with E-state index < -0.39 is 11.6 Å². The zero-order valence-corrected chi connectivity index (χ0v) is 9.13. The highest BCUT2D eigenvalue weighted by molar-refractivity contribution is 5.18. The Labute approximate surface area is 93.9 Å². The van der Waals surface area contributed by atoms with Crippen LogP contribution in [0.4, 0.5) is 8.78 Å². The van der Waals surface area contributed by atoms with Crippen LogP contribution in [0.5, 0.6) is 0 Å². The Bertz CT molecular complexity index is 365. The molecule has 4 heteroatoms. The molecule has 0 saturated carbocycles. The van der Waals surface area contributed by atoms with Crippen LogP contribution in [0, 0.1) is 23.0 Å². The molecule has 1 aromatic carbocycles. The van der Waals surface area contributed by atoms with Crippen LogP contribution >= 0.6 is 0 Å². The molecule has 0 aliphatic rings. The Kier molecular flexibility index (Phi) is 4.87. The zero-order chi connectivity index (χ0) is 12.0. The number of halogens is 2. The number of nitriles is 1. The van der Waals surface area contributed by atoms with Gasteiger partial charge in [-0.2, -0.15) is 5.26 Å². The average Bonchev–Trinajstić information content (AvgIpc) is 2.23. The Morgan fingerprint density at radius 1 is 1.31 bits per heavy atom. The van der Waals surface area contributed by atoms with Gasteiger partial charge in [-0.1, -0.05) is 6.92 Å². The third-order valence-corrected chi connectivity index (χ3v) is 2.29. The fourth-order valence-corrected chi connectivity index (χ4v) is 1.43. The van der Waals surface area contributed by atoms with E-state index in [-0.39, 0.29) is 6.04 Å². The molecule has 0 heterocycles. The molecule has 0 aromatic heterocycles. The van der Waals surface area contributed by atoms with E-state index in [9.17, 15) is 8.78 Å². The first kappa shape index (κ1) is 12.6. The van der Waals surface area contributed by atoms with Crippen molar-refractivity contribution >= 4 is 0 Å². The highest BCUT2D eigenvalue weighted by atomic mass is 19.1. The Balaban J connectivity index is 2.46. The van der Waals surface area contributed by atoms with Gasteiger partial charge in [-0.15, -0.1) is 0 Å².